The minimum atomic E-state index is -0.163. The van der Waals surface area contributed by atoms with Crippen LogP contribution in [0.4, 0.5) is 4.39 Å². The van der Waals surface area contributed by atoms with Crippen molar-refractivity contribution >= 4 is 5.57 Å². The number of nitrogens with two attached hydrogens (primary N) is 1. The van der Waals surface area contributed by atoms with E-state index in [1.807, 2.05) is 25.3 Å². The van der Waals surface area contributed by atoms with Crippen LogP contribution in [0.15, 0.2) is 49.2 Å². The van der Waals surface area contributed by atoms with Crippen molar-refractivity contribution in [3.05, 3.63) is 71.8 Å². The van der Waals surface area contributed by atoms with Gasteiger partial charge in [-0.05, 0) is 92.3 Å². The number of benzene rings is 1. The summed E-state index contributed by atoms with van der Waals surface area (Å²) < 4.78 is 13.4. The average molecular weight is 394 g/mol. The molecule has 1 aromatic heterocycles. The third-order valence-corrected chi connectivity index (χ3v) is 6.75. The first-order valence-corrected chi connectivity index (χ1v) is 10.9. The van der Waals surface area contributed by atoms with Gasteiger partial charge in [-0.3, -0.25) is 9.88 Å². The Morgan fingerprint density at radius 3 is 2.66 bits per heavy atom. The lowest BCUT2D eigenvalue weighted by molar-refractivity contribution is 0.120. The third kappa shape index (κ3) is 4.76. The van der Waals surface area contributed by atoms with Crippen LogP contribution in [0, 0.1) is 11.7 Å². The summed E-state index contributed by atoms with van der Waals surface area (Å²) in [7, 11) is 0. The Hall–Kier alpha value is -2.04. The number of hydrogen-bond donors (Lipinski definition) is 1. The molecule has 1 saturated heterocycles. The molecule has 2 aliphatic rings. The fourth-order valence-corrected chi connectivity index (χ4v) is 5.18. The second-order valence-electron chi connectivity index (χ2n) is 8.97. The summed E-state index contributed by atoms with van der Waals surface area (Å²) in [6.07, 6.45) is 7.45. The highest BCUT2D eigenvalue weighted by atomic mass is 19.1. The first-order chi connectivity index (χ1) is 14.0. The monoisotopic (exact) mass is 393 g/mol. The van der Waals surface area contributed by atoms with E-state index in [-0.39, 0.29) is 11.9 Å². The number of halogens is 1. The predicted octanol–water partition coefficient (Wildman–Crippen LogP) is 4.78. The SMILES string of the molecule is C=C(C)c1ccc(CC2CC(c3ccc(F)cc3)CC2N2CCCC(N)C2)nc1. The molecule has 4 unspecified atom stereocenters. The summed E-state index contributed by atoms with van der Waals surface area (Å²) in [6, 6.07) is 12.2. The third-order valence-electron chi connectivity index (χ3n) is 6.75. The molecule has 2 N–H and O–H groups in total. The summed E-state index contributed by atoms with van der Waals surface area (Å²) in [6.45, 7) is 8.13. The molecule has 1 aliphatic carbocycles. The first kappa shape index (κ1) is 20.2. The van der Waals surface area contributed by atoms with E-state index in [0.29, 0.717) is 17.9 Å². The van der Waals surface area contributed by atoms with Crippen LogP contribution in [-0.2, 0) is 6.42 Å². The Morgan fingerprint density at radius 1 is 1.21 bits per heavy atom. The van der Waals surface area contributed by atoms with E-state index in [4.69, 9.17) is 10.7 Å². The van der Waals surface area contributed by atoms with Gasteiger partial charge in [-0.1, -0.05) is 24.8 Å². The summed E-state index contributed by atoms with van der Waals surface area (Å²) >= 11 is 0. The molecule has 2 heterocycles. The molecule has 0 amide bonds. The van der Waals surface area contributed by atoms with Gasteiger partial charge in [0.2, 0.25) is 0 Å². The van der Waals surface area contributed by atoms with Crippen LogP contribution in [0.25, 0.3) is 5.57 Å². The summed E-state index contributed by atoms with van der Waals surface area (Å²) in [5.41, 5.74) is 10.8. The first-order valence-electron chi connectivity index (χ1n) is 10.9. The van der Waals surface area contributed by atoms with Gasteiger partial charge < -0.3 is 5.73 Å². The van der Waals surface area contributed by atoms with Crippen LogP contribution in [0.5, 0.6) is 0 Å². The number of aromatic nitrogens is 1. The van der Waals surface area contributed by atoms with Crippen molar-refractivity contribution in [3.8, 4) is 0 Å². The van der Waals surface area contributed by atoms with Gasteiger partial charge in [-0.2, -0.15) is 0 Å². The molecule has 2 aromatic rings. The number of rotatable bonds is 5. The Bertz CT molecular complexity index is 830. The van der Waals surface area contributed by atoms with Gasteiger partial charge in [0.1, 0.15) is 5.82 Å². The molecule has 2 fully saturated rings. The number of hydrogen-bond acceptors (Lipinski definition) is 3. The van der Waals surface area contributed by atoms with Crippen LogP contribution in [0.2, 0.25) is 0 Å². The number of nitrogens with zero attached hydrogens (tertiary/aromatic N) is 2. The van der Waals surface area contributed by atoms with Gasteiger partial charge in [0.05, 0.1) is 0 Å². The number of allylic oxidation sites excluding steroid dienone is 1. The van der Waals surface area contributed by atoms with E-state index >= 15 is 0 Å². The molecule has 1 aliphatic heterocycles. The normalized spacial score (nSPS) is 27.8. The summed E-state index contributed by atoms with van der Waals surface area (Å²) in [5.74, 6) is 0.848. The topological polar surface area (TPSA) is 42.1 Å². The van der Waals surface area contributed by atoms with Gasteiger partial charge in [-0.25, -0.2) is 4.39 Å². The van der Waals surface area contributed by atoms with Crippen molar-refractivity contribution < 1.29 is 4.39 Å². The molecule has 154 valence electrons. The Kier molecular flexibility index (Phi) is 6.12. The zero-order valence-corrected chi connectivity index (χ0v) is 17.4. The minimum absolute atomic E-state index is 0.163. The highest BCUT2D eigenvalue weighted by Crippen LogP contribution is 2.43. The van der Waals surface area contributed by atoms with Gasteiger partial charge in [0, 0.05) is 30.5 Å². The smallest absolute Gasteiger partial charge is 0.123 e. The van der Waals surface area contributed by atoms with Gasteiger partial charge in [-0.15, -0.1) is 0 Å². The zero-order chi connectivity index (χ0) is 20.4. The highest BCUT2D eigenvalue weighted by Gasteiger charge is 2.39. The molecule has 0 bridgehead atoms. The summed E-state index contributed by atoms with van der Waals surface area (Å²) in [5, 5.41) is 0. The number of piperidine rings is 1. The van der Waals surface area contributed by atoms with Crippen molar-refractivity contribution in [2.75, 3.05) is 13.1 Å². The maximum atomic E-state index is 13.4. The van der Waals surface area contributed by atoms with E-state index in [1.165, 1.54) is 12.0 Å². The molecule has 1 aromatic carbocycles. The maximum absolute atomic E-state index is 13.4. The second-order valence-corrected chi connectivity index (χ2v) is 8.97. The maximum Gasteiger partial charge on any atom is 0.123 e. The van der Waals surface area contributed by atoms with Crippen molar-refractivity contribution in [1.29, 1.82) is 0 Å². The molecule has 0 radical (unpaired) electrons. The summed E-state index contributed by atoms with van der Waals surface area (Å²) in [4.78, 5) is 7.33. The van der Waals surface area contributed by atoms with Crippen LogP contribution in [0.1, 0.15) is 55.3 Å². The van der Waals surface area contributed by atoms with E-state index in [9.17, 15) is 4.39 Å². The van der Waals surface area contributed by atoms with Crippen molar-refractivity contribution in [2.24, 2.45) is 11.7 Å². The molecular formula is C25H32FN3. The van der Waals surface area contributed by atoms with Crippen LogP contribution < -0.4 is 5.73 Å². The average Bonchev–Trinajstić information content (AvgIpc) is 3.13. The van der Waals surface area contributed by atoms with Gasteiger partial charge in [0.15, 0.2) is 0 Å². The lowest BCUT2D eigenvalue weighted by Gasteiger charge is -2.38. The Labute approximate surface area is 173 Å². The van der Waals surface area contributed by atoms with Crippen LogP contribution >= 0.6 is 0 Å². The van der Waals surface area contributed by atoms with E-state index in [2.05, 4.69) is 23.6 Å². The lowest BCUT2D eigenvalue weighted by atomic mass is 9.93. The van der Waals surface area contributed by atoms with Crippen LogP contribution in [-0.4, -0.2) is 35.1 Å². The fourth-order valence-electron chi connectivity index (χ4n) is 5.18. The number of pyridine rings is 1. The van der Waals surface area contributed by atoms with Gasteiger partial charge in [0.25, 0.3) is 0 Å². The fraction of sp³-hybridized carbons (Fsp3) is 0.480. The van der Waals surface area contributed by atoms with Crippen molar-refractivity contribution in [2.45, 2.75) is 57.0 Å². The van der Waals surface area contributed by atoms with Crippen molar-refractivity contribution in [1.82, 2.24) is 9.88 Å². The molecule has 4 rings (SSSR count). The Balaban J connectivity index is 1.54. The molecule has 1 saturated carbocycles. The molecule has 4 heteroatoms. The molecule has 4 atom stereocenters. The molecule has 29 heavy (non-hydrogen) atoms. The van der Waals surface area contributed by atoms with Gasteiger partial charge >= 0.3 is 0 Å². The number of likely N-dealkylation sites (tertiary alicyclic amines) is 1. The quantitative estimate of drug-likeness (QED) is 0.795. The Morgan fingerprint density at radius 2 is 2.00 bits per heavy atom. The molecule has 3 nitrogen and oxygen atoms in total. The predicted molar refractivity (Wildman–Crippen MR) is 117 cm³/mol. The highest BCUT2D eigenvalue weighted by molar-refractivity contribution is 5.60. The standard InChI is InChI=1S/C25H32FN3/c1-17(2)19-7-10-24(28-15-19)13-21-12-20(18-5-8-22(26)9-6-18)14-25(21)29-11-3-4-23(27)16-29/h5-10,15,20-21,23,25H,1,3-4,11-14,16,27H2,2H3. The second kappa shape index (κ2) is 8.76. The largest absolute Gasteiger partial charge is 0.327 e. The molecular weight excluding hydrogens is 361 g/mol. The van der Waals surface area contributed by atoms with Crippen molar-refractivity contribution in [3.63, 3.8) is 0 Å². The van der Waals surface area contributed by atoms with E-state index < -0.39 is 0 Å². The zero-order valence-electron chi connectivity index (χ0n) is 17.4. The van der Waals surface area contributed by atoms with E-state index in [1.54, 1.807) is 12.1 Å². The van der Waals surface area contributed by atoms with Crippen LogP contribution in [0.3, 0.4) is 0 Å². The minimum Gasteiger partial charge on any atom is -0.327 e. The lowest BCUT2D eigenvalue weighted by Crippen LogP contribution is -2.49. The molecule has 0 spiro atoms. The van der Waals surface area contributed by atoms with E-state index in [0.717, 1.165) is 55.6 Å².